The fourth-order valence-corrected chi connectivity index (χ4v) is 2.52. The normalized spacial score (nSPS) is 19.1. The van der Waals surface area contributed by atoms with Crippen molar-refractivity contribution in [2.45, 2.75) is 18.4 Å². The van der Waals surface area contributed by atoms with E-state index in [-0.39, 0.29) is 0 Å². The van der Waals surface area contributed by atoms with Crippen LogP contribution < -0.4 is 5.32 Å². The molecule has 2 atom stereocenters. The number of aliphatic hydroxyl groups excluding tert-OH is 1. The van der Waals surface area contributed by atoms with Gasteiger partial charge >= 0.3 is 0 Å². The minimum absolute atomic E-state index is 0.534. The Kier molecular flexibility index (Phi) is 3.17. The first-order chi connectivity index (χ1) is 8.84. The lowest BCUT2D eigenvalue weighted by molar-refractivity contribution is 0.146. The van der Waals surface area contributed by atoms with Crippen LogP contribution in [0, 0.1) is 0 Å². The van der Waals surface area contributed by atoms with Crippen LogP contribution in [-0.2, 0) is 6.42 Å². The van der Waals surface area contributed by atoms with Crippen LogP contribution in [0.4, 0.5) is 0 Å². The van der Waals surface area contributed by atoms with E-state index in [2.05, 4.69) is 29.6 Å². The molecule has 3 rings (SSSR count). The van der Waals surface area contributed by atoms with Gasteiger partial charge in [0.1, 0.15) is 11.9 Å². The minimum atomic E-state index is -0.560. The van der Waals surface area contributed by atoms with Gasteiger partial charge in [-0.05, 0) is 29.7 Å². The summed E-state index contributed by atoms with van der Waals surface area (Å²) in [5.41, 5.74) is 2.90. The SMILES string of the molecule is OC(CNCC1Cc2ccccc21)c1ccco1. The molecule has 1 aliphatic carbocycles. The van der Waals surface area contributed by atoms with E-state index in [4.69, 9.17) is 4.42 Å². The Morgan fingerprint density at radius 1 is 1.28 bits per heavy atom. The van der Waals surface area contributed by atoms with Gasteiger partial charge in [0, 0.05) is 19.0 Å². The quantitative estimate of drug-likeness (QED) is 0.846. The van der Waals surface area contributed by atoms with Gasteiger partial charge in [0.15, 0.2) is 0 Å². The van der Waals surface area contributed by atoms with E-state index in [9.17, 15) is 5.11 Å². The van der Waals surface area contributed by atoms with Crippen molar-refractivity contribution in [3.63, 3.8) is 0 Å². The Balaban J connectivity index is 1.47. The molecular weight excluding hydrogens is 226 g/mol. The molecule has 1 aromatic heterocycles. The molecule has 0 bridgehead atoms. The second kappa shape index (κ2) is 4.96. The number of benzene rings is 1. The second-order valence-electron chi connectivity index (χ2n) is 4.79. The molecule has 1 heterocycles. The van der Waals surface area contributed by atoms with Crippen LogP contribution in [0.1, 0.15) is 28.9 Å². The number of rotatable bonds is 5. The summed E-state index contributed by atoms with van der Waals surface area (Å²) in [6.07, 6.45) is 2.16. The number of furan rings is 1. The van der Waals surface area contributed by atoms with Gasteiger partial charge in [0.25, 0.3) is 0 Å². The highest BCUT2D eigenvalue weighted by molar-refractivity contribution is 5.40. The lowest BCUT2D eigenvalue weighted by atomic mass is 9.77. The molecule has 2 N–H and O–H groups in total. The number of fused-ring (bicyclic) bond motifs is 1. The minimum Gasteiger partial charge on any atom is -0.467 e. The Bertz CT molecular complexity index is 507. The van der Waals surface area contributed by atoms with Gasteiger partial charge in [0.2, 0.25) is 0 Å². The molecule has 0 amide bonds. The molecule has 0 radical (unpaired) electrons. The highest BCUT2D eigenvalue weighted by Gasteiger charge is 2.24. The number of hydrogen-bond acceptors (Lipinski definition) is 3. The van der Waals surface area contributed by atoms with Gasteiger partial charge in [-0.3, -0.25) is 0 Å². The van der Waals surface area contributed by atoms with Crippen LogP contribution in [0.25, 0.3) is 0 Å². The zero-order valence-electron chi connectivity index (χ0n) is 10.2. The predicted octanol–water partition coefficient (Wildman–Crippen LogP) is 2.24. The van der Waals surface area contributed by atoms with Crippen molar-refractivity contribution in [3.05, 3.63) is 59.5 Å². The molecular formula is C15H17NO2. The molecule has 3 heteroatoms. The summed E-state index contributed by atoms with van der Waals surface area (Å²) in [5.74, 6) is 1.21. The van der Waals surface area contributed by atoms with Crippen molar-refractivity contribution < 1.29 is 9.52 Å². The Labute approximate surface area is 106 Å². The molecule has 1 aromatic carbocycles. The highest BCUT2D eigenvalue weighted by atomic mass is 16.4. The topological polar surface area (TPSA) is 45.4 Å². The summed E-state index contributed by atoms with van der Waals surface area (Å²) in [6, 6.07) is 12.1. The Morgan fingerprint density at radius 3 is 2.94 bits per heavy atom. The Morgan fingerprint density at radius 2 is 2.17 bits per heavy atom. The molecule has 0 spiro atoms. The maximum atomic E-state index is 9.85. The largest absolute Gasteiger partial charge is 0.467 e. The van der Waals surface area contributed by atoms with Gasteiger partial charge < -0.3 is 14.8 Å². The molecule has 2 unspecified atom stereocenters. The molecule has 94 valence electrons. The van der Waals surface area contributed by atoms with E-state index in [0.29, 0.717) is 18.2 Å². The van der Waals surface area contributed by atoms with Crippen LogP contribution >= 0.6 is 0 Å². The Hall–Kier alpha value is -1.58. The summed E-state index contributed by atoms with van der Waals surface area (Å²) >= 11 is 0. The smallest absolute Gasteiger partial charge is 0.133 e. The molecule has 0 saturated heterocycles. The zero-order valence-corrected chi connectivity index (χ0v) is 10.2. The molecule has 0 fully saturated rings. The number of hydrogen-bond donors (Lipinski definition) is 2. The standard InChI is InChI=1S/C15H17NO2/c17-14(15-6-3-7-18-15)10-16-9-12-8-11-4-1-2-5-13(11)12/h1-7,12,14,16-17H,8-10H2. The zero-order chi connectivity index (χ0) is 12.4. The van der Waals surface area contributed by atoms with E-state index in [1.165, 1.54) is 11.1 Å². The molecule has 2 aromatic rings. The molecule has 0 saturated carbocycles. The van der Waals surface area contributed by atoms with Crippen molar-refractivity contribution in [1.82, 2.24) is 5.32 Å². The molecule has 18 heavy (non-hydrogen) atoms. The van der Waals surface area contributed by atoms with Crippen molar-refractivity contribution >= 4 is 0 Å². The molecule has 1 aliphatic rings. The fourth-order valence-electron chi connectivity index (χ4n) is 2.52. The van der Waals surface area contributed by atoms with Crippen LogP contribution in [0.3, 0.4) is 0 Å². The van der Waals surface area contributed by atoms with E-state index in [1.807, 2.05) is 0 Å². The van der Waals surface area contributed by atoms with E-state index in [0.717, 1.165) is 13.0 Å². The van der Waals surface area contributed by atoms with Crippen LogP contribution in [0.5, 0.6) is 0 Å². The average Bonchev–Trinajstić information content (AvgIpc) is 2.88. The van der Waals surface area contributed by atoms with Gasteiger partial charge in [-0.25, -0.2) is 0 Å². The first-order valence-electron chi connectivity index (χ1n) is 6.34. The summed E-state index contributed by atoms with van der Waals surface area (Å²) < 4.78 is 5.16. The van der Waals surface area contributed by atoms with Crippen molar-refractivity contribution in [2.75, 3.05) is 13.1 Å². The summed E-state index contributed by atoms with van der Waals surface area (Å²) in [5, 5.41) is 13.2. The maximum Gasteiger partial charge on any atom is 0.133 e. The lowest BCUT2D eigenvalue weighted by Gasteiger charge is -2.30. The van der Waals surface area contributed by atoms with Gasteiger partial charge in [-0.15, -0.1) is 0 Å². The second-order valence-corrected chi connectivity index (χ2v) is 4.79. The van der Waals surface area contributed by atoms with Crippen molar-refractivity contribution in [1.29, 1.82) is 0 Å². The highest BCUT2D eigenvalue weighted by Crippen LogP contribution is 2.34. The first kappa shape index (κ1) is 11.5. The van der Waals surface area contributed by atoms with E-state index in [1.54, 1.807) is 18.4 Å². The third kappa shape index (κ3) is 2.19. The van der Waals surface area contributed by atoms with Crippen LogP contribution in [0.15, 0.2) is 47.1 Å². The summed E-state index contributed by atoms with van der Waals surface area (Å²) in [6.45, 7) is 1.45. The predicted molar refractivity (Wildman–Crippen MR) is 69.4 cm³/mol. The van der Waals surface area contributed by atoms with Crippen molar-refractivity contribution in [2.24, 2.45) is 0 Å². The fraction of sp³-hybridized carbons (Fsp3) is 0.333. The summed E-state index contributed by atoms with van der Waals surface area (Å²) in [4.78, 5) is 0. The van der Waals surface area contributed by atoms with Gasteiger partial charge in [-0.1, -0.05) is 24.3 Å². The summed E-state index contributed by atoms with van der Waals surface area (Å²) in [7, 11) is 0. The lowest BCUT2D eigenvalue weighted by Crippen LogP contribution is -2.31. The van der Waals surface area contributed by atoms with Gasteiger partial charge in [0.05, 0.1) is 6.26 Å². The maximum absolute atomic E-state index is 9.85. The monoisotopic (exact) mass is 243 g/mol. The molecule has 0 aliphatic heterocycles. The number of nitrogens with one attached hydrogen (secondary N) is 1. The third-order valence-electron chi connectivity index (χ3n) is 3.56. The molecule has 3 nitrogen and oxygen atoms in total. The van der Waals surface area contributed by atoms with Gasteiger partial charge in [-0.2, -0.15) is 0 Å². The van der Waals surface area contributed by atoms with E-state index >= 15 is 0 Å². The first-order valence-corrected chi connectivity index (χ1v) is 6.34. The number of aliphatic hydroxyl groups is 1. The van der Waals surface area contributed by atoms with Crippen molar-refractivity contribution in [3.8, 4) is 0 Å². The average molecular weight is 243 g/mol. The van der Waals surface area contributed by atoms with Crippen LogP contribution in [0.2, 0.25) is 0 Å². The van der Waals surface area contributed by atoms with E-state index < -0.39 is 6.10 Å². The third-order valence-corrected chi connectivity index (χ3v) is 3.56. The van der Waals surface area contributed by atoms with Crippen LogP contribution in [-0.4, -0.2) is 18.2 Å².